The topological polar surface area (TPSA) is 82.7 Å². The molecule has 0 saturated carbocycles. The van der Waals surface area contributed by atoms with Gasteiger partial charge in [-0.1, -0.05) is 5.21 Å². The lowest BCUT2D eigenvalue weighted by Gasteiger charge is -1.83. The Kier molecular flexibility index (Phi) is 3.07. The molecule has 0 radical (unpaired) electrons. The van der Waals surface area contributed by atoms with Gasteiger partial charge in [-0.25, -0.2) is 5.43 Å². The van der Waals surface area contributed by atoms with Gasteiger partial charge in [-0.3, -0.25) is 15.3 Å². The van der Waals surface area contributed by atoms with Crippen LogP contribution in [-0.4, -0.2) is 27.9 Å². The third-order valence-corrected chi connectivity index (χ3v) is 1.04. The molecule has 0 spiro atoms. The Balaban J connectivity index is 0.000000112. The molecule has 1 amide bonds. The second-order valence-corrected chi connectivity index (χ2v) is 1.89. The van der Waals surface area contributed by atoms with E-state index in [1.807, 2.05) is 0 Å². The van der Waals surface area contributed by atoms with Crippen LogP contribution in [0.4, 0.5) is 0 Å². The molecule has 1 aliphatic heterocycles. The van der Waals surface area contributed by atoms with Crippen LogP contribution in [-0.2, 0) is 4.79 Å². The van der Waals surface area contributed by atoms with Gasteiger partial charge in [0.25, 0.3) is 0 Å². The summed E-state index contributed by atoms with van der Waals surface area (Å²) in [4.78, 5) is 10.1. The molecule has 1 saturated heterocycles. The maximum atomic E-state index is 10.1. The van der Waals surface area contributed by atoms with E-state index >= 15 is 0 Å². The van der Waals surface area contributed by atoms with Crippen LogP contribution >= 0.6 is 0 Å². The molecule has 3 N–H and O–H groups in total. The zero-order valence-corrected chi connectivity index (χ0v) is 5.87. The Hall–Kier alpha value is -1.43. The molecule has 1 aromatic heterocycles. The van der Waals surface area contributed by atoms with Crippen LogP contribution in [0.15, 0.2) is 12.4 Å². The quantitative estimate of drug-likeness (QED) is 0.440. The minimum Gasteiger partial charge on any atom is -0.292 e. The molecule has 0 unspecified atom stereocenters. The summed E-state index contributed by atoms with van der Waals surface area (Å²) in [5.74, 6) is 0.0926. The van der Waals surface area contributed by atoms with E-state index in [0.29, 0.717) is 6.42 Å². The predicted octanol–water partition coefficient (Wildman–Crippen LogP) is -1.18. The first-order valence-corrected chi connectivity index (χ1v) is 3.22. The van der Waals surface area contributed by atoms with E-state index in [4.69, 9.17) is 0 Å². The van der Waals surface area contributed by atoms with Crippen LogP contribution in [0.1, 0.15) is 6.42 Å². The first-order chi connectivity index (χ1) is 5.39. The van der Waals surface area contributed by atoms with Gasteiger partial charge in [-0.15, -0.1) is 5.10 Å². The van der Waals surface area contributed by atoms with Crippen LogP contribution in [0, 0.1) is 0 Å². The van der Waals surface area contributed by atoms with Crippen molar-refractivity contribution in [1.29, 1.82) is 0 Å². The molecular weight excluding hydrogens is 146 g/mol. The number of nitrogens with one attached hydrogen (secondary N) is 3. The van der Waals surface area contributed by atoms with E-state index < -0.39 is 0 Å². The lowest BCUT2D eigenvalue weighted by molar-refractivity contribution is -0.119. The number of hydrazine groups is 1. The highest BCUT2D eigenvalue weighted by Crippen LogP contribution is 1.79. The first kappa shape index (κ1) is 7.67. The monoisotopic (exact) mass is 155 g/mol. The van der Waals surface area contributed by atoms with Crippen molar-refractivity contribution in [3.05, 3.63) is 12.4 Å². The van der Waals surface area contributed by atoms with Gasteiger partial charge in [0.15, 0.2) is 0 Å². The SMILES string of the molecule is O=C1CCNN1.c1c[nH]nn1. The molecule has 60 valence electrons. The van der Waals surface area contributed by atoms with Crippen LogP contribution in [0.25, 0.3) is 0 Å². The standard InChI is InChI=1S/C3H6N2O.C2H3N3/c6-3-1-2-4-5-3;1-2-4-5-3-1/h4H,1-2H2,(H,5,6);1-2H,(H,3,4,5). The van der Waals surface area contributed by atoms with Crippen molar-refractivity contribution in [3.63, 3.8) is 0 Å². The number of hydrogen-bond acceptors (Lipinski definition) is 4. The smallest absolute Gasteiger partial charge is 0.235 e. The molecule has 0 bridgehead atoms. The number of nitrogens with zero attached hydrogens (tertiary/aromatic N) is 2. The maximum Gasteiger partial charge on any atom is 0.235 e. The molecule has 6 nitrogen and oxygen atoms in total. The van der Waals surface area contributed by atoms with E-state index in [2.05, 4.69) is 26.3 Å². The van der Waals surface area contributed by atoms with Crippen molar-refractivity contribution in [2.45, 2.75) is 6.42 Å². The Morgan fingerprint density at radius 1 is 1.55 bits per heavy atom. The fourth-order valence-electron chi connectivity index (χ4n) is 0.566. The minimum atomic E-state index is 0.0926. The van der Waals surface area contributed by atoms with Crippen molar-refractivity contribution in [3.8, 4) is 0 Å². The molecule has 0 aromatic carbocycles. The van der Waals surface area contributed by atoms with Gasteiger partial charge in [0.2, 0.25) is 5.91 Å². The van der Waals surface area contributed by atoms with Gasteiger partial charge in [0, 0.05) is 19.2 Å². The van der Waals surface area contributed by atoms with E-state index in [1.54, 1.807) is 12.4 Å². The van der Waals surface area contributed by atoms with Gasteiger partial charge in [-0.05, 0) is 0 Å². The third kappa shape index (κ3) is 3.31. The predicted molar refractivity (Wildman–Crippen MR) is 37.1 cm³/mol. The van der Waals surface area contributed by atoms with E-state index in [0.717, 1.165) is 6.54 Å². The molecule has 2 rings (SSSR count). The zero-order chi connectivity index (χ0) is 7.94. The summed E-state index contributed by atoms with van der Waals surface area (Å²) in [6, 6.07) is 0. The summed E-state index contributed by atoms with van der Waals surface area (Å²) < 4.78 is 0. The molecular formula is C5H9N5O. The summed E-state index contributed by atoms with van der Waals surface area (Å²) >= 11 is 0. The summed E-state index contributed by atoms with van der Waals surface area (Å²) in [6.07, 6.45) is 3.86. The Labute approximate surface area is 63.3 Å². The highest BCUT2D eigenvalue weighted by atomic mass is 16.2. The second kappa shape index (κ2) is 4.40. The van der Waals surface area contributed by atoms with Crippen LogP contribution < -0.4 is 10.9 Å². The summed E-state index contributed by atoms with van der Waals surface area (Å²) in [6.45, 7) is 0.777. The van der Waals surface area contributed by atoms with Crippen molar-refractivity contribution in [2.24, 2.45) is 0 Å². The van der Waals surface area contributed by atoms with Gasteiger partial charge in [0.05, 0.1) is 6.20 Å². The van der Waals surface area contributed by atoms with Crippen molar-refractivity contribution in [2.75, 3.05) is 6.54 Å². The van der Waals surface area contributed by atoms with E-state index in [-0.39, 0.29) is 5.91 Å². The number of hydrogen-bond donors (Lipinski definition) is 3. The number of H-pyrrole nitrogens is 1. The van der Waals surface area contributed by atoms with E-state index in [1.165, 1.54) is 0 Å². The van der Waals surface area contributed by atoms with Gasteiger partial charge >= 0.3 is 0 Å². The van der Waals surface area contributed by atoms with Gasteiger partial charge in [-0.2, -0.15) is 0 Å². The van der Waals surface area contributed by atoms with Crippen molar-refractivity contribution >= 4 is 5.91 Å². The molecule has 0 atom stereocenters. The zero-order valence-electron chi connectivity index (χ0n) is 5.87. The lowest BCUT2D eigenvalue weighted by Crippen LogP contribution is -2.25. The number of amides is 1. The minimum absolute atomic E-state index is 0.0926. The number of aromatic nitrogens is 3. The Bertz CT molecular complexity index is 171. The molecule has 0 aliphatic carbocycles. The lowest BCUT2D eigenvalue weighted by atomic mass is 10.5. The van der Waals surface area contributed by atoms with Crippen LogP contribution in [0.5, 0.6) is 0 Å². The fourth-order valence-corrected chi connectivity index (χ4v) is 0.566. The summed E-state index contributed by atoms with van der Waals surface area (Å²) in [5.41, 5.74) is 5.10. The Morgan fingerprint density at radius 3 is 2.64 bits per heavy atom. The summed E-state index contributed by atoms with van der Waals surface area (Å²) in [7, 11) is 0. The molecule has 1 fully saturated rings. The maximum absolute atomic E-state index is 10.1. The molecule has 2 heterocycles. The average molecular weight is 155 g/mol. The molecule has 1 aliphatic rings. The second-order valence-electron chi connectivity index (χ2n) is 1.89. The fraction of sp³-hybridized carbons (Fsp3) is 0.400. The highest BCUT2D eigenvalue weighted by Gasteiger charge is 2.04. The average Bonchev–Trinajstić information content (AvgIpc) is 2.57. The largest absolute Gasteiger partial charge is 0.292 e. The third-order valence-electron chi connectivity index (χ3n) is 1.04. The highest BCUT2D eigenvalue weighted by molar-refractivity contribution is 5.77. The van der Waals surface area contributed by atoms with Crippen LogP contribution in [0.3, 0.4) is 0 Å². The van der Waals surface area contributed by atoms with E-state index in [9.17, 15) is 4.79 Å². The van der Waals surface area contributed by atoms with Gasteiger partial charge in [0.1, 0.15) is 0 Å². The number of aromatic amines is 1. The Morgan fingerprint density at radius 2 is 2.45 bits per heavy atom. The van der Waals surface area contributed by atoms with Crippen LogP contribution in [0.2, 0.25) is 0 Å². The van der Waals surface area contributed by atoms with Crippen molar-refractivity contribution in [1.82, 2.24) is 26.3 Å². The number of carbonyl (C=O) groups excluding carboxylic acids is 1. The number of carbonyl (C=O) groups is 1. The normalized spacial score (nSPS) is 15.1. The molecule has 11 heavy (non-hydrogen) atoms. The molecule has 6 heteroatoms. The van der Waals surface area contributed by atoms with Gasteiger partial charge < -0.3 is 0 Å². The molecule has 1 aromatic rings. The summed E-state index contributed by atoms with van der Waals surface area (Å²) in [5, 5.41) is 9.26. The first-order valence-electron chi connectivity index (χ1n) is 3.22. The number of rotatable bonds is 0. The van der Waals surface area contributed by atoms with Crippen molar-refractivity contribution < 1.29 is 4.79 Å².